The van der Waals surface area contributed by atoms with Crippen molar-refractivity contribution in [3.8, 4) is 0 Å². The Morgan fingerprint density at radius 3 is 2.76 bits per heavy atom. The Morgan fingerprint density at radius 2 is 2.07 bits per heavy atom. The van der Waals surface area contributed by atoms with Crippen LogP contribution in [0.3, 0.4) is 0 Å². The molecule has 0 spiro atoms. The van der Waals surface area contributed by atoms with E-state index in [1.54, 1.807) is 35.4 Å². The first-order valence-corrected chi connectivity index (χ1v) is 12.4. The van der Waals surface area contributed by atoms with Gasteiger partial charge in [-0.05, 0) is 36.6 Å². The lowest BCUT2D eigenvalue weighted by Gasteiger charge is -2.17. The largest absolute Gasteiger partial charge is 0.286 e. The van der Waals surface area contributed by atoms with Crippen molar-refractivity contribution in [3.63, 3.8) is 0 Å². The molecule has 1 aromatic carbocycles. The van der Waals surface area contributed by atoms with Crippen LogP contribution in [0.1, 0.15) is 17.3 Å². The molecular formula is C19H22N4O3S3. The first kappa shape index (κ1) is 21.8. The lowest BCUT2D eigenvalue weighted by Crippen LogP contribution is -2.33. The normalized spacial score (nSPS) is 18.6. The maximum atomic E-state index is 13.2. The standard InChI is InChI=1S/C19H22N4O3S3/c1-13-12-23(18(24)16-9-6-10-20-17(16)27-4)19(28-13)21-14-7-5-8-15(11-14)29(25,26)22(2)3/h5-11,13H,12H2,1-4H3. The fraction of sp³-hybridized carbons (Fsp3) is 0.316. The molecule has 3 rings (SSSR count). The van der Waals surface area contributed by atoms with Crippen LogP contribution in [-0.2, 0) is 10.0 Å². The summed E-state index contributed by atoms with van der Waals surface area (Å²) in [6.45, 7) is 2.56. The summed E-state index contributed by atoms with van der Waals surface area (Å²) in [5.74, 6) is -0.157. The molecule has 1 amide bonds. The molecule has 1 atom stereocenters. The number of hydrogen-bond donors (Lipinski definition) is 0. The van der Waals surface area contributed by atoms with Crippen molar-refractivity contribution in [1.29, 1.82) is 0 Å². The molecule has 154 valence electrons. The van der Waals surface area contributed by atoms with Gasteiger partial charge in [0.1, 0.15) is 5.03 Å². The summed E-state index contributed by atoms with van der Waals surface area (Å²) in [5, 5.41) is 1.40. The molecule has 1 aliphatic heterocycles. The van der Waals surface area contributed by atoms with E-state index in [0.29, 0.717) is 28.0 Å². The highest BCUT2D eigenvalue weighted by Crippen LogP contribution is 2.31. The second-order valence-corrected chi connectivity index (χ2v) is 10.9. The van der Waals surface area contributed by atoms with Gasteiger partial charge < -0.3 is 0 Å². The van der Waals surface area contributed by atoms with Crippen molar-refractivity contribution < 1.29 is 13.2 Å². The van der Waals surface area contributed by atoms with Gasteiger partial charge in [-0.3, -0.25) is 9.69 Å². The molecule has 1 fully saturated rings. The van der Waals surface area contributed by atoms with Gasteiger partial charge in [-0.2, -0.15) is 0 Å². The topological polar surface area (TPSA) is 82.9 Å². The molecular weight excluding hydrogens is 428 g/mol. The Balaban J connectivity index is 1.97. The molecule has 0 radical (unpaired) electrons. The number of rotatable bonds is 5. The van der Waals surface area contributed by atoms with E-state index >= 15 is 0 Å². The predicted octanol–water partition coefficient (Wildman–Crippen LogP) is 3.32. The molecule has 0 aliphatic carbocycles. The summed E-state index contributed by atoms with van der Waals surface area (Å²) in [6.07, 6.45) is 3.54. The number of carbonyl (C=O) groups is 1. The zero-order chi connectivity index (χ0) is 21.2. The number of amides is 1. The molecule has 0 bridgehead atoms. The van der Waals surface area contributed by atoms with Crippen LogP contribution in [0.4, 0.5) is 5.69 Å². The van der Waals surface area contributed by atoms with Crippen LogP contribution < -0.4 is 0 Å². The number of aliphatic imine (C=N–C) groups is 1. The number of amidine groups is 1. The van der Waals surface area contributed by atoms with E-state index in [1.807, 2.05) is 13.2 Å². The number of aromatic nitrogens is 1. The number of nitrogens with zero attached hydrogens (tertiary/aromatic N) is 4. The van der Waals surface area contributed by atoms with Crippen LogP contribution in [0.25, 0.3) is 0 Å². The van der Waals surface area contributed by atoms with E-state index < -0.39 is 10.0 Å². The van der Waals surface area contributed by atoms with Gasteiger partial charge in [0, 0.05) is 32.1 Å². The quantitative estimate of drug-likeness (QED) is 0.650. The summed E-state index contributed by atoms with van der Waals surface area (Å²) < 4.78 is 26.0. The number of benzene rings is 1. The van der Waals surface area contributed by atoms with Gasteiger partial charge >= 0.3 is 0 Å². The van der Waals surface area contributed by atoms with Crippen molar-refractivity contribution in [2.75, 3.05) is 26.9 Å². The van der Waals surface area contributed by atoms with Gasteiger partial charge in [-0.25, -0.2) is 22.7 Å². The van der Waals surface area contributed by atoms with Crippen molar-refractivity contribution in [2.24, 2.45) is 4.99 Å². The van der Waals surface area contributed by atoms with Crippen LogP contribution in [-0.4, -0.2) is 65.8 Å². The van der Waals surface area contributed by atoms with Crippen molar-refractivity contribution in [2.45, 2.75) is 22.1 Å². The molecule has 0 saturated carbocycles. The van der Waals surface area contributed by atoms with Crippen molar-refractivity contribution >= 4 is 50.3 Å². The van der Waals surface area contributed by atoms with Gasteiger partial charge in [-0.15, -0.1) is 11.8 Å². The van der Waals surface area contributed by atoms with Crippen molar-refractivity contribution in [1.82, 2.24) is 14.2 Å². The summed E-state index contributed by atoms with van der Waals surface area (Å²) in [4.78, 5) is 23.8. The first-order chi connectivity index (χ1) is 13.7. The highest BCUT2D eigenvalue weighted by molar-refractivity contribution is 8.14. The molecule has 1 aliphatic rings. The fourth-order valence-corrected chi connectivity index (χ4v) is 5.28. The van der Waals surface area contributed by atoms with E-state index in [0.717, 1.165) is 4.31 Å². The molecule has 1 saturated heterocycles. The summed E-state index contributed by atoms with van der Waals surface area (Å²) in [5.41, 5.74) is 1.02. The Morgan fingerprint density at radius 1 is 1.31 bits per heavy atom. The number of thioether (sulfide) groups is 2. The van der Waals surface area contributed by atoms with Crippen molar-refractivity contribution in [3.05, 3.63) is 48.2 Å². The third-order valence-corrected chi connectivity index (χ3v) is 7.84. The lowest BCUT2D eigenvalue weighted by molar-refractivity contribution is 0.0851. The molecule has 7 nitrogen and oxygen atoms in total. The minimum absolute atomic E-state index is 0.157. The minimum atomic E-state index is -3.56. The fourth-order valence-electron chi connectivity index (χ4n) is 2.77. The molecule has 2 aromatic rings. The average molecular weight is 451 g/mol. The second-order valence-electron chi connectivity index (χ2n) is 6.58. The molecule has 0 N–H and O–H groups in total. The van der Waals surface area contributed by atoms with E-state index in [9.17, 15) is 13.2 Å². The lowest BCUT2D eigenvalue weighted by atomic mass is 10.2. The van der Waals surface area contributed by atoms with Crippen LogP contribution in [0, 0.1) is 0 Å². The highest BCUT2D eigenvalue weighted by Gasteiger charge is 2.32. The zero-order valence-corrected chi connectivity index (χ0v) is 19.0. The third-order valence-electron chi connectivity index (χ3n) is 4.24. The van der Waals surface area contributed by atoms with E-state index in [4.69, 9.17) is 0 Å². The monoisotopic (exact) mass is 450 g/mol. The summed E-state index contributed by atoms with van der Waals surface area (Å²) >= 11 is 2.91. The maximum Gasteiger partial charge on any atom is 0.262 e. The molecule has 2 heterocycles. The number of sulfonamides is 1. The Labute approximate surface area is 179 Å². The maximum absolute atomic E-state index is 13.2. The Hall–Kier alpha value is -1.88. The third kappa shape index (κ3) is 4.66. The van der Waals surface area contributed by atoms with E-state index in [1.165, 1.54) is 49.8 Å². The number of hydrogen-bond acceptors (Lipinski definition) is 7. The Bertz CT molecular complexity index is 1050. The SMILES string of the molecule is CSc1ncccc1C(=O)N1CC(C)SC1=Nc1cccc(S(=O)(=O)N(C)C)c1. The van der Waals surface area contributed by atoms with Crippen LogP contribution in [0.5, 0.6) is 0 Å². The van der Waals surface area contributed by atoms with Crippen LogP contribution in [0.15, 0.2) is 57.5 Å². The molecule has 10 heteroatoms. The van der Waals surface area contributed by atoms with E-state index in [2.05, 4.69) is 9.98 Å². The highest BCUT2D eigenvalue weighted by atomic mass is 32.2. The summed E-state index contributed by atoms with van der Waals surface area (Å²) in [7, 11) is -0.588. The number of carbonyl (C=O) groups excluding carboxylic acids is 1. The van der Waals surface area contributed by atoms with Gasteiger partial charge in [0.15, 0.2) is 5.17 Å². The van der Waals surface area contributed by atoms with Gasteiger partial charge in [0.05, 0.1) is 16.1 Å². The average Bonchev–Trinajstić information content (AvgIpc) is 3.07. The number of pyridine rings is 1. The predicted molar refractivity (Wildman–Crippen MR) is 119 cm³/mol. The molecule has 1 unspecified atom stereocenters. The molecule has 1 aromatic heterocycles. The van der Waals surface area contributed by atoms with Gasteiger partial charge in [0.2, 0.25) is 10.0 Å². The van der Waals surface area contributed by atoms with Gasteiger partial charge in [-0.1, -0.05) is 24.8 Å². The van der Waals surface area contributed by atoms with Crippen LogP contribution >= 0.6 is 23.5 Å². The van der Waals surface area contributed by atoms with E-state index in [-0.39, 0.29) is 16.1 Å². The minimum Gasteiger partial charge on any atom is -0.286 e. The zero-order valence-electron chi connectivity index (χ0n) is 16.6. The first-order valence-electron chi connectivity index (χ1n) is 8.83. The van der Waals surface area contributed by atoms with Crippen LogP contribution in [0.2, 0.25) is 0 Å². The molecule has 29 heavy (non-hydrogen) atoms. The smallest absolute Gasteiger partial charge is 0.262 e. The van der Waals surface area contributed by atoms with Gasteiger partial charge in [0.25, 0.3) is 5.91 Å². The summed E-state index contributed by atoms with van der Waals surface area (Å²) in [6, 6.07) is 9.94. The Kier molecular flexibility index (Phi) is 6.67. The second kappa shape index (κ2) is 8.86.